The second kappa shape index (κ2) is 8.64. The molecule has 1 aliphatic heterocycles. The first kappa shape index (κ1) is 21.8. The molecule has 0 atom stereocenters. The van der Waals surface area contributed by atoms with E-state index >= 15 is 0 Å². The highest BCUT2D eigenvalue weighted by Gasteiger charge is 2.31. The van der Waals surface area contributed by atoms with Crippen molar-refractivity contribution in [3.63, 3.8) is 0 Å². The molecule has 1 amide bonds. The van der Waals surface area contributed by atoms with Crippen LogP contribution in [0.1, 0.15) is 16.1 Å². The van der Waals surface area contributed by atoms with Crippen molar-refractivity contribution in [2.75, 3.05) is 33.3 Å². The minimum atomic E-state index is -3.63. The molecule has 32 heavy (non-hydrogen) atoms. The standard InChI is InChI=1S/C22H23N3O6S/c1-15-3-6-17(7-4-15)32(28,29)25-11-9-24(10-12-25)22(26)21-14-19(23-27)18-8-5-16(30-2)13-20(18)31-21/h3-8,13-14,27H,9-12H2,1-2H3/b23-19+. The van der Waals surface area contributed by atoms with Crippen molar-refractivity contribution in [1.29, 1.82) is 0 Å². The van der Waals surface area contributed by atoms with E-state index in [-0.39, 0.29) is 42.2 Å². The maximum atomic E-state index is 13.0. The van der Waals surface area contributed by atoms with E-state index in [1.54, 1.807) is 42.5 Å². The van der Waals surface area contributed by atoms with Crippen molar-refractivity contribution in [2.24, 2.45) is 5.16 Å². The van der Waals surface area contributed by atoms with Crippen molar-refractivity contribution in [3.8, 4) is 5.75 Å². The molecule has 2 aromatic carbocycles. The molecule has 0 radical (unpaired) electrons. The zero-order chi connectivity index (χ0) is 22.9. The highest BCUT2D eigenvalue weighted by atomic mass is 32.2. The van der Waals surface area contributed by atoms with Crippen LogP contribution in [0.2, 0.25) is 0 Å². The smallest absolute Gasteiger partial charge is 0.289 e. The van der Waals surface area contributed by atoms with E-state index in [0.717, 1.165) is 5.56 Å². The fourth-order valence-electron chi connectivity index (χ4n) is 3.61. The third-order valence-corrected chi connectivity index (χ3v) is 7.37. The molecule has 10 heteroatoms. The predicted molar refractivity (Wildman–Crippen MR) is 116 cm³/mol. The summed E-state index contributed by atoms with van der Waals surface area (Å²) in [6.45, 7) is 2.65. The van der Waals surface area contributed by atoms with Crippen LogP contribution in [-0.4, -0.2) is 62.0 Å². The SMILES string of the molecule is COc1ccc2/c(=N/O)cc(C(=O)N3CCN(S(=O)(=O)c4ccc(C)cc4)CC3)oc2c1. The minimum absolute atomic E-state index is 0.00612. The van der Waals surface area contributed by atoms with Crippen LogP contribution < -0.4 is 10.1 Å². The van der Waals surface area contributed by atoms with Gasteiger partial charge in [-0.2, -0.15) is 4.31 Å². The van der Waals surface area contributed by atoms with E-state index in [1.165, 1.54) is 22.4 Å². The van der Waals surface area contributed by atoms with Gasteiger partial charge in [0.15, 0.2) is 5.76 Å². The van der Waals surface area contributed by atoms with E-state index in [9.17, 15) is 18.4 Å². The Labute approximate surface area is 185 Å². The molecule has 1 aliphatic rings. The van der Waals surface area contributed by atoms with Crippen molar-refractivity contribution in [2.45, 2.75) is 11.8 Å². The number of piperazine rings is 1. The van der Waals surface area contributed by atoms with Crippen molar-refractivity contribution in [1.82, 2.24) is 9.21 Å². The van der Waals surface area contributed by atoms with Gasteiger partial charge < -0.3 is 19.3 Å². The van der Waals surface area contributed by atoms with E-state index in [4.69, 9.17) is 9.15 Å². The maximum Gasteiger partial charge on any atom is 0.289 e. The van der Waals surface area contributed by atoms with Crippen LogP contribution in [-0.2, 0) is 10.0 Å². The van der Waals surface area contributed by atoms with E-state index in [1.807, 2.05) is 6.92 Å². The lowest BCUT2D eigenvalue weighted by Gasteiger charge is -2.33. The number of carbonyl (C=O) groups excluding carboxylic acids is 1. The summed E-state index contributed by atoms with van der Waals surface area (Å²) >= 11 is 0. The molecule has 0 aliphatic carbocycles. The number of hydrogen-bond acceptors (Lipinski definition) is 7. The van der Waals surface area contributed by atoms with Crippen LogP contribution in [0.5, 0.6) is 5.75 Å². The molecular formula is C22H23N3O6S. The molecule has 1 saturated heterocycles. The van der Waals surface area contributed by atoms with Gasteiger partial charge in [-0.1, -0.05) is 22.9 Å². The summed E-state index contributed by atoms with van der Waals surface area (Å²) in [4.78, 5) is 14.8. The summed E-state index contributed by atoms with van der Waals surface area (Å²) in [5.74, 6) is 0.116. The zero-order valence-electron chi connectivity index (χ0n) is 17.7. The van der Waals surface area contributed by atoms with Gasteiger partial charge >= 0.3 is 0 Å². The molecule has 1 aromatic heterocycles. The Hall–Kier alpha value is -3.37. The molecule has 9 nitrogen and oxygen atoms in total. The van der Waals surface area contributed by atoms with Crippen molar-refractivity contribution < 1.29 is 27.6 Å². The quantitative estimate of drug-likeness (QED) is 0.475. The molecule has 4 rings (SSSR count). The molecule has 0 spiro atoms. The van der Waals surface area contributed by atoms with Crippen molar-refractivity contribution >= 4 is 26.9 Å². The van der Waals surface area contributed by atoms with E-state index in [0.29, 0.717) is 16.7 Å². The molecule has 1 N–H and O–H groups in total. The van der Waals surface area contributed by atoms with Gasteiger partial charge in [-0.05, 0) is 31.2 Å². The third-order valence-electron chi connectivity index (χ3n) is 5.46. The highest BCUT2D eigenvalue weighted by Crippen LogP contribution is 2.22. The van der Waals surface area contributed by atoms with E-state index < -0.39 is 15.9 Å². The monoisotopic (exact) mass is 457 g/mol. The van der Waals surface area contributed by atoms with E-state index in [2.05, 4.69) is 5.16 Å². The lowest BCUT2D eigenvalue weighted by molar-refractivity contribution is 0.0666. The Bertz CT molecular complexity index is 1320. The van der Waals surface area contributed by atoms with Gasteiger partial charge in [-0.25, -0.2) is 8.42 Å². The summed E-state index contributed by atoms with van der Waals surface area (Å²) in [6, 6.07) is 13.0. The predicted octanol–water partition coefficient (Wildman–Crippen LogP) is 2.19. The first-order valence-corrected chi connectivity index (χ1v) is 11.4. The number of ether oxygens (including phenoxy) is 1. The second-order valence-electron chi connectivity index (χ2n) is 7.47. The fraction of sp³-hybridized carbons (Fsp3) is 0.273. The second-order valence-corrected chi connectivity index (χ2v) is 9.41. The van der Waals surface area contributed by atoms with Gasteiger partial charge in [0, 0.05) is 43.7 Å². The molecule has 0 bridgehead atoms. The fourth-order valence-corrected chi connectivity index (χ4v) is 5.03. The molecule has 168 valence electrons. The minimum Gasteiger partial charge on any atom is -0.497 e. The number of hydrogen-bond donors (Lipinski definition) is 1. The van der Waals surface area contributed by atoms with Crippen LogP contribution in [0.4, 0.5) is 0 Å². The Morgan fingerprint density at radius 2 is 1.75 bits per heavy atom. The molecule has 2 heterocycles. The Morgan fingerprint density at radius 1 is 1.06 bits per heavy atom. The topological polar surface area (TPSA) is 113 Å². The summed E-state index contributed by atoms with van der Waals surface area (Å²) in [5.41, 5.74) is 1.31. The van der Waals surface area contributed by atoms with Crippen LogP contribution in [0.25, 0.3) is 11.0 Å². The molecule has 1 fully saturated rings. The average Bonchev–Trinajstić information content (AvgIpc) is 2.82. The summed E-state index contributed by atoms with van der Waals surface area (Å²) in [7, 11) is -2.12. The van der Waals surface area contributed by atoms with Crippen LogP contribution in [0.3, 0.4) is 0 Å². The number of carbonyl (C=O) groups is 1. The van der Waals surface area contributed by atoms with Crippen LogP contribution >= 0.6 is 0 Å². The number of benzene rings is 2. The normalized spacial score (nSPS) is 15.8. The maximum absolute atomic E-state index is 13.0. The third kappa shape index (κ3) is 4.06. The Morgan fingerprint density at radius 3 is 2.38 bits per heavy atom. The lowest BCUT2D eigenvalue weighted by Crippen LogP contribution is -2.50. The number of amides is 1. The number of fused-ring (bicyclic) bond motifs is 1. The first-order valence-electron chi connectivity index (χ1n) is 9.99. The van der Waals surface area contributed by atoms with Crippen LogP contribution in [0, 0.1) is 6.92 Å². The van der Waals surface area contributed by atoms with Gasteiger partial charge in [0.2, 0.25) is 10.0 Å². The van der Waals surface area contributed by atoms with Gasteiger partial charge in [-0.15, -0.1) is 0 Å². The van der Waals surface area contributed by atoms with Gasteiger partial charge in [-0.3, -0.25) is 4.79 Å². The lowest BCUT2D eigenvalue weighted by atomic mass is 10.2. The number of nitrogens with zero attached hydrogens (tertiary/aromatic N) is 3. The average molecular weight is 458 g/mol. The highest BCUT2D eigenvalue weighted by molar-refractivity contribution is 7.89. The number of rotatable bonds is 4. The van der Waals surface area contributed by atoms with Gasteiger partial charge in [0.1, 0.15) is 16.7 Å². The number of sulfonamides is 1. The number of aryl methyl sites for hydroxylation is 1. The summed E-state index contributed by atoms with van der Waals surface area (Å²) in [6.07, 6.45) is 0. The Balaban J connectivity index is 1.54. The summed E-state index contributed by atoms with van der Waals surface area (Å²) in [5, 5.41) is 13.4. The molecular weight excluding hydrogens is 434 g/mol. The zero-order valence-corrected chi connectivity index (χ0v) is 18.5. The first-order chi connectivity index (χ1) is 15.3. The number of methoxy groups -OCH3 is 1. The van der Waals surface area contributed by atoms with Crippen LogP contribution in [0.15, 0.2) is 63.0 Å². The molecule has 0 unspecified atom stereocenters. The van der Waals surface area contributed by atoms with Gasteiger partial charge in [0.25, 0.3) is 5.91 Å². The largest absolute Gasteiger partial charge is 0.497 e. The molecule has 0 saturated carbocycles. The molecule has 3 aromatic rings. The summed E-state index contributed by atoms with van der Waals surface area (Å²) < 4.78 is 38.1. The van der Waals surface area contributed by atoms with Gasteiger partial charge in [0.05, 0.1) is 12.0 Å². The van der Waals surface area contributed by atoms with Crippen molar-refractivity contribution in [3.05, 3.63) is 65.2 Å². The Kier molecular flexibility index (Phi) is 5.90.